The molecule has 2 aromatic heterocycles. The summed E-state index contributed by atoms with van der Waals surface area (Å²) >= 11 is 0. The molecule has 3 aromatic rings. The van der Waals surface area contributed by atoms with Gasteiger partial charge in [-0.3, -0.25) is 9.78 Å². The number of nitrogens with one attached hydrogen (secondary N) is 1. The number of carbonyl (C=O) groups excluding carboxylic acids is 1. The molecule has 4 rings (SSSR count). The zero-order valence-corrected chi connectivity index (χ0v) is 15.4. The van der Waals surface area contributed by atoms with Crippen molar-refractivity contribution in [3.8, 4) is 11.5 Å². The molecule has 0 unspecified atom stereocenters. The predicted molar refractivity (Wildman–Crippen MR) is 103 cm³/mol. The zero-order chi connectivity index (χ0) is 18.6. The lowest BCUT2D eigenvalue weighted by atomic mass is 9.96. The summed E-state index contributed by atoms with van der Waals surface area (Å²) < 4.78 is 11.8. The average Bonchev–Trinajstić information content (AvgIpc) is 3.04. The van der Waals surface area contributed by atoms with Crippen LogP contribution in [0.1, 0.15) is 44.7 Å². The molecule has 0 aliphatic heterocycles. The Morgan fingerprint density at radius 3 is 2.81 bits per heavy atom. The third-order valence-corrected chi connectivity index (χ3v) is 4.75. The number of fused-ring (bicyclic) bond motifs is 1. The molecule has 1 aromatic carbocycles. The van der Waals surface area contributed by atoms with Crippen molar-refractivity contribution in [1.82, 2.24) is 9.97 Å². The molecule has 6 nitrogen and oxygen atoms in total. The molecule has 0 saturated heterocycles. The smallest absolute Gasteiger partial charge is 0.295 e. The van der Waals surface area contributed by atoms with Gasteiger partial charge in [0.1, 0.15) is 22.8 Å². The minimum absolute atomic E-state index is 0.0701. The highest BCUT2D eigenvalue weighted by Gasteiger charge is 2.16. The monoisotopic (exact) mass is 365 g/mol. The Hall–Kier alpha value is -2.89. The van der Waals surface area contributed by atoms with Crippen LogP contribution in [0.2, 0.25) is 0 Å². The van der Waals surface area contributed by atoms with Crippen molar-refractivity contribution in [3.05, 3.63) is 42.2 Å². The quantitative estimate of drug-likeness (QED) is 0.670. The molecule has 0 radical (unpaired) electrons. The van der Waals surface area contributed by atoms with E-state index in [4.69, 9.17) is 9.15 Å². The summed E-state index contributed by atoms with van der Waals surface area (Å²) in [6.07, 6.45) is 8.10. The van der Waals surface area contributed by atoms with E-state index in [1.807, 2.05) is 18.2 Å². The van der Waals surface area contributed by atoms with E-state index in [0.29, 0.717) is 41.3 Å². The van der Waals surface area contributed by atoms with Crippen molar-refractivity contribution in [2.75, 3.05) is 5.32 Å². The van der Waals surface area contributed by atoms with Crippen LogP contribution < -0.4 is 10.1 Å². The minimum atomic E-state index is 0.0701. The number of rotatable bonds is 6. The number of oxazole rings is 1. The van der Waals surface area contributed by atoms with Crippen LogP contribution >= 0.6 is 0 Å². The summed E-state index contributed by atoms with van der Waals surface area (Å²) in [6.45, 7) is 1.55. The second-order valence-corrected chi connectivity index (χ2v) is 7.09. The standard InChI is InChI=1S/C21H23N3O3/c1-14(25)11-16-12-18(9-10-22-16)26-17-7-8-19-20(13-17)27-21(24-19)23-15-5-3-2-4-6-15/h7-10,12-13,15H,2-6,11H2,1H3,(H,23,24). The summed E-state index contributed by atoms with van der Waals surface area (Å²) in [5.74, 6) is 1.37. The molecule has 6 heteroatoms. The molecule has 0 spiro atoms. The number of Topliss-reactive ketones (excluding diaryl/α,β-unsaturated/α-hetero) is 1. The van der Waals surface area contributed by atoms with Gasteiger partial charge in [-0.05, 0) is 38.0 Å². The SMILES string of the molecule is CC(=O)Cc1cc(Oc2ccc3nc(NC4CCCCC4)oc3c2)ccn1. The molecule has 27 heavy (non-hydrogen) atoms. The fraction of sp³-hybridized carbons (Fsp3) is 0.381. The first-order valence-electron chi connectivity index (χ1n) is 9.45. The van der Waals surface area contributed by atoms with Crippen molar-refractivity contribution >= 4 is 22.9 Å². The summed E-state index contributed by atoms with van der Waals surface area (Å²) in [6, 6.07) is 10.1. The molecule has 1 saturated carbocycles. The molecule has 1 aliphatic rings. The number of hydrogen-bond acceptors (Lipinski definition) is 6. The van der Waals surface area contributed by atoms with Crippen LogP contribution in [0.15, 0.2) is 40.9 Å². The van der Waals surface area contributed by atoms with Crippen LogP contribution in [0.5, 0.6) is 11.5 Å². The Bertz CT molecular complexity index is 945. The van der Waals surface area contributed by atoms with E-state index in [-0.39, 0.29) is 5.78 Å². The number of hydrogen-bond donors (Lipinski definition) is 1. The summed E-state index contributed by atoms with van der Waals surface area (Å²) in [7, 11) is 0. The van der Waals surface area contributed by atoms with Gasteiger partial charge in [-0.15, -0.1) is 0 Å². The van der Waals surface area contributed by atoms with Crippen LogP contribution in [0.4, 0.5) is 6.01 Å². The lowest BCUT2D eigenvalue weighted by Crippen LogP contribution is -2.22. The highest BCUT2D eigenvalue weighted by Crippen LogP contribution is 2.29. The Labute approximate surface area is 158 Å². The van der Waals surface area contributed by atoms with Gasteiger partial charge >= 0.3 is 0 Å². The molecule has 1 fully saturated rings. The van der Waals surface area contributed by atoms with E-state index < -0.39 is 0 Å². The maximum Gasteiger partial charge on any atom is 0.295 e. The van der Waals surface area contributed by atoms with Gasteiger partial charge < -0.3 is 14.5 Å². The minimum Gasteiger partial charge on any atom is -0.457 e. The normalized spacial score (nSPS) is 15.0. The van der Waals surface area contributed by atoms with E-state index in [0.717, 1.165) is 18.4 Å². The number of ether oxygens (including phenoxy) is 1. The number of carbonyl (C=O) groups is 1. The van der Waals surface area contributed by atoms with Crippen LogP contribution in [0.3, 0.4) is 0 Å². The van der Waals surface area contributed by atoms with Crippen molar-refractivity contribution < 1.29 is 13.9 Å². The lowest BCUT2D eigenvalue weighted by molar-refractivity contribution is -0.116. The van der Waals surface area contributed by atoms with E-state index in [1.165, 1.54) is 19.3 Å². The van der Waals surface area contributed by atoms with Gasteiger partial charge in [-0.1, -0.05) is 19.3 Å². The summed E-state index contributed by atoms with van der Waals surface area (Å²) in [5.41, 5.74) is 2.18. The van der Waals surface area contributed by atoms with Crippen molar-refractivity contribution in [2.24, 2.45) is 0 Å². The largest absolute Gasteiger partial charge is 0.457 e. The van der Waals surface area contributed by atoms with E-state index >= 15 is 0 Å². The number of pyridine rings is 1. The highest BCUT2D eigenvalue weighted by molar-refractivity contribution is 5.78. The Balaban J connectivity index is 1.49. The fourth-order valence-electron chi connectivity index (χ4n) is 3.46. The zero-order valence-electron chi connectivity index (χ0n) is 15.4. The first kappa shape index (κ1) is 17.5. The third-order valence-electron chi connectivity index (χ3n) is 4.75. The number of anilines is 1. The molecule has 0 amide bonds. The predicted octanol–water partition coefficient (Wildman–Crippen LogP) is 4.89. The van der Waals surface area contributed by atoms with Gasteiger partial charge in [0.05, 0.1) is 5.69 Å². The van der Waals surface area contributed by atoms with Crippen LogP contribution in [0.25, 0.3) is 11.1 Å². The van der Waals surface area contributed by atoms with Crippen molar-refractivity contribution in [1.29, 1.82) is 0 Å². The molecule has 1 aliphatic carbocycles. The van der Waals surface area contributed by atoms with Crippen LogP contribution in [-0.4, -0.2) is 21.8 Å². The molecular formula is C21H23N3O3. The van der Waals surface area contributed by atoms with Gasteiger partial charge in [0.25, 0.3) is 6.01 Å². The Morgan fingerprint density at radius 1 is 1.19 bits per heavy atom. The molecule has 1 N–H and O–H groups in total. The summed E-state index contributed by atoms with van der Waals surface area (Å²) in [4.78, 5) is 20.0. The summed E-state index contributed by atoms with van der Waals surface area (Å²) in [5, 5.41) is 3.41. The topological polar surface area (TPSA) is 77.2 Å². The van der Waals surface area contributed by atoms with E-state index in [2.05, 4.69) is 15.3 Å². The van der Waals surface area contributed by atoms with Crippen molar-refractivity contribution in [2.45, 2.75) is 51.5 Å². The molecule has 0 bridgehead atoms. The lowest BCUT2D eigenvalue weighted by Gasteiger charge is -2.21. The molecule has 140 valence electrons. The van der Waals surface area contributed by atoms with Gasteiger partial charge in [-0.25, -0.2) is 0 Å². The fourth-order valence-corrected chi connectivity index (χ4v) is 3.46. The van der Waals surface area contributed by atoms with Crippen LogP contribution in [0, 0.1) is 0 Å². The first-order chi connectivity index (χ1) is 13.2. The first-order valence-corrected chi connectivity index (χ1v) is 9.45. The maximum absolute atomic E-state index is 11.3. The third kappa shape index (κ3) is 4.45. The number of benzene rings is 1. The van der Waals surface area contributed by atoms with Crippen molar-refractivity contribution in [3.63, 3.8) is 0 Å². The highest BCUT2D eigenvalue weighted by atomic mass is 16.5. The number of aromatic nitrogens is 2. The number of nitrogens with zero attached hydrogens (tertiary/aromatic N) is 2. The van der Waals surface area contributed by atoms with E-state index in [9.17, 15) is 4.79 Å². The molecular weight excluding hydrogens is 342 g/mol. The Morgan fingerprint density at radius 2 is 2.00 bits per heavy atom. The molecule has 0 atom stereocenters. The van der Waals surface area contributed by atoms with Gasteiger partial charge in [0.2, 0.25) is 0 Å². The second kappa shape index (κ2) is 7.78. The van der Waals surface area contributed by atoms with Gasteiger partial charge in [0.15, 0.2) is 5.58 Å². The van der Waals surface area contributed by atoms with E-state index in [1.54, 1.807) is 25.3 Å². The van der Waals surface area contributed by atoms with Gasteiger partial charge in [0, 0.05) is 30.8 Å². The Kier molecular flexibility index (Phi) is 5.05. The number of ketones is 1. The van der Waals surface area contributed by atoms with Crippen LogP contribution in [-0.2, 0) is 11.2 Å². The molecule has 2 heterocycles. The maximum atomic E-state index is 11.3. The second-order valence-electron chi connectivity index (χ2n) is 7.09. The van der Waals surface area contributed by atoms with Gasteiger partial charge in [-0.2, -0.15) is 4.98 Å². The average molecular weight is 365 g/mol.